The Bertz CT molecular complexity index is 269. The number of nitrogens with one attached hydrogen (secondary N) is 1. The van der Waals surface area contributed by atoms with Crippen molar-refractivity contribution >= 4 is 5.97 Å². The Balaban J connectivity index is 2.37. The summed E-state index contributed by atoms with van der Waals surface area (Å²) in [6, 6.07) is 0.260. The van der Waals surface area contributed by atoms with E-state index in [9.17, 15) is 9.90 Å². The standard InChI is InChI=1S/C14H27NO4/c1-3-4-12(9-19-2)15-10-14(18)7-5-11(6-8-14)13(16)17/h11-12,15,18H,3-10H2,1-2H3,(H,16,17). The van der Waals surface area contributed by atoms with Crippen molar-refractivity contribution in [2.45, 2.75) is 57.1 Å². The van der Waals surface area contributed by atoms with E-state index >= 15 is 0 Å². The molecule has 0 amide bonds. The summed E-state index contributed by atoms with van der Waals surface area (Å²) >= 11 is 0. The zero-order chi connectivity index (χ0) is 14.3. The second-order valence-corrected chi connectivity index (χ2v) is 5.66. The smallest absolute Gasteiger partial charge is 0.306 e. The molecule has 3 N–H and O–H groups in total. The van der Waals surface area contributed by atoms with Gasteiger partial charge in [0.2, 0.25) is 0 Å². The minimum atomic E-state index is -0.758. The molecule has 19 heavy (non-hydrogen) atoms. The summed E-state index contributed by atoms with van der Waals surface area (Å²) in [5.74, 6) is -1.02. The highest BCUT2D eigenvalue weighted by atomic mass is 16.5. The fourth-order valence-corrected chi connectivity index (χ4v) is 2.71. The second-order valence-electron chi connectivity index (χ2n) is 5.66. The fraction of sp³-hybridized carbons (Fsp3) is 0.929. The van der Waals surface area contributed by atoms with E-state index in [0.717, 1.165) is 12.8 Å². The van der Waals surface area contributed by atoms with Gasteiger partial charge in [0.15, 0.2) is 0 Å². The minimum absolute atomic E-state index is 0.260. The number of aliphatic carboxylic acids is 1. The summed E-state index contributed by atoms with van der Waals surface area (Å²) in [6.07, 6.45) is 4.33. The monoisotopic (exact) mass is 273 g/mol. The predicted molar refractivity (Wildman–Crippen MR) is 73.1 cm³/mol. The highest BCUT2D eigenvalue weighted by Crippen LogP contribution is 2.31. The number of carboxylic acids is 1. The van der Waals surface area contributed by atoms with Gasteiger partial charge in [0.1, 0.15) is 0 Å². The van der Waals surface area contributed by atoms with Crippen LogP contribution in [0.5, 0.6) is 0 Å². The molecule has 0 aromatic carbocycles. The summed E-state index contributed by atoms with van der Waals surface area (Å²) in [6.45, 7) is 3.28. The fourth-order valence-electron chi connectivity index (χ4n) is 2.71. The van der Waals surface area contributed by atoms with E-state index in [0.29, 0.717) is 38.8 Å². The number of carbonyl (C=O) groups is 1. The third kappa shape index (κ3) is 5.47. The van der Waals surface area contributed by atoms with Gasteiger partial charge in [-0.2, -0.15) is 0 Å². The Kier molecular flexibility index (Phi) is 6.75. The van der Waals surface area contributed by atoms with Crippen LogP contribution in [0.2, 0.25) is 0 Å². The molecule has 0 saturated heterocycles. The maximum atomic E-state index is 10.9. The molecule has 1 atom stereocenters. The van der Waals surface area contributed by atoms with Crippen molar-refractivity contribution in [1.82, 2.24) is 5.32 Å². The average Bonchev–Trinajstić information content (AvgIpc) is 2.37. The molecule has 5 heteroatoms. The molecule has 0 aliphatic heterocycles. The maximum absolute atomic E-state index is 10.9. The molecule has 0 radical (unpaired) electrons. The molecule has 1 rings (SSSR count). The molecular weight excluding hydrogens is 246 g/mol. The van der Waals surface area contributed by atoms with Crippen molar-refractivity contribution in [2.75, 3.05) is 20.3 Å². The molecule has 0 aromatic heterocycles. The van der Waals surface area contributed by atoms with E-state index in [1.54, 1.807) is 7.11 Å². The Morgan fingerprint density at radius 3 is 2.58 bits per heavy atom. The topological polar surface area (TPSA) is 78.8 Å². The van der Waals surface area contributed by atoms with Gasteiger partial charge in [-0.3, -0.25) is 4.79 Å². The number of hydrogen-bond donors (Lipinski definition) is 3. The maximum Gasteiger partial charge on any atom is 0.306 e. The van der Waals surface area contributed by atoms with E-state index in [-0.39, 0.29) is 12.0 Å². The quantitative estimate of drug-likeness (QED) is 0.623. The van der Waals surface area contributed by atoms with E-state index in [1.807, 2.05) is 0 Å². The van der Waals surface area contributed by atoms with Gasteiger partial charge in [-0.05, 0) is 32.1 Å². The molecule has 0 aromatic rings. The van der Waals surface area contributed by atoms with Gasteiger partial charge < -0.3 is 20.3 Å². The second kappa shape index (κ2) is 7.82. The molecule has 1 aliphatic rings. The number of aliphatic hydroxyl groups is 1. The summed E-state index contributed by atoms with van der Waals surface area (Å²) in [4.78, 5) is 10.9. The number of rotatable bonds is 8. The van der Waals surface area contributed by atoms with Gasteiger partial charge in [0.25, 0.3) is 0 Å². The van der Waals surface area contributed by atoms with Crippen LogP contribution in [0.3, 0.4) is 0 Å². The molecule has 1 aliphatic carbocycles. The Hall–Kier alpha value is -0.650. The number of carboxylic acid groups (broad SMARTS) is 1. The Labute approximate surface area is 115 Å². The van der Waals surface area contributed by atoms with Gasteiger partial charge >= 0.3 is 5.97 Å². The van der Waals surface area contributed by atoms with E-state index in [1.165, 1.54) is 0 Å². The van der Waals surface area contributed by atoms with Crippen molar-refractivity contribution in [3.05, 3.63) is 0 Å². The Morgan fingerprint density at radius 1 is 1.47 bits per heavy atom. The van der Waals surface area contributed by atoms with Crippen LogP contribution >= 0.6 is 0 Å². The van der Waals surface area contributed by atoms with Gasteiger partial charge in [-0.15, -0.1) is 0 Å². The van der Waals surface area contributed by atoms with Gasteiger partial charge in [0, 0.05) is 19.7 Å². The van der Waals surface area contributed by atoms with Crippen LogP contribution in [0.4, 0.5) is 0 Å². The van der Waals surface area contributed by atoms with Crippen molar-refractivity contribution in [3.63, 3.8) is 0 Å². The number of ether oxygens (including phenoxy) is 1. The third-order valence-electron chi connectivity index (χ3n) is 3.99. The molecule has 0 heterocycles. The summed E-state index contributed by atoms with van der Waals surface area (Å²) in [7, 11) is 1.68. The van der Waals surface area contributed by atoms with Crippen molar-refractivity contribution < 1.29 is 19.7 Å². The molecule has 1 saturated carbocycles. The van der Waals surface area contributed by atoms with Gasteiger partial charge in [-0.1, -0.05) is 13.3 Å². The normalized spacial score (nSPS) is 29.1. The van der Waals surface area contributed by atoms with Crippen LogP contribution in [0.25, 0.3) is 0 Å². The van der Waals surface area contributed by atoms with Crippen molar-refractivity contribution in [2.24, 2.45) is 5.92 Å². The summed E-state index contributed by atoms with van der Waals surface area (Å²) in [5, 5.41) is 22.8. The van der Waals surface area contributed by atoms with Crippen LogP contribution in [-0.2, 0) is 9.53 Å². The number of methoxy groups -OCH3 is 1. The molecular formula is C14H27NO4. The van der Waals surface area contributed by atoms with Crippen molar-refractivity contribution in [1.29, 1.82) is 0 Å². The molecule has 0 spiro atoms. The van der Waals surface area contributed by atoms with Crippen LogP contribution in [0.15, 0.2) is 0 Å². The lowest BCUT2D eigenvalue weighted by atomic mass is 9.78. The van der Waals surface area contributed by atoms with Crippen LogP contribution in [0, 0.1) is 5.92 Å². The van der Waals surface area contributed by atoms with E-state index in [2.05, 4.69) is 12.2 Å². The van der Waals surface area contributed by atoms with E-state index in [4.69, 9.17) is 9.84 Å². The molecule has 0 bridgehead atoms. The first-order chi connectivity index (χ1) is 9.00. The Morgan fingerprint density at radius 2 is 2.11 bits per heavy atom. The lowest BCUT2D eigenvalue weighted by molar-refractivity contribution is -0.144. The van der Waals surface area contributed by atoms with Crippen LogP contribution < -0.4 is 5.32 Å². The highest BCUT2D eigenvalue weighted by Gasteiger charge is 2.35. The first-order valence-electron chi connectivity index (χ1n) is 7.18. The number of hydrogen-bond acceptors (Lipinski definition) is 4. The van der Waals surface area contributed by atoms with Gasteiger partial charge in [0.05, 0.1) is 18.1 Å². The average molecular weight is 273 g/mol. The highest BCUT2D eigenvalue weighted by molar-refractivity contribution is 5.70. The lowest BCUT2D eigenvalue weighted by Gasteiger charge is -2.36. The third-order valence-corrected chi connectivity index (χ3v) is 3.99. The predicted octanol–water partition coefficient (Wildman–Crippen LogP) is 1.40. The first kappa shape index (κ1) is 16.4. The molecule has 5 nitrogen and oxygen atoms in total. The zero-order valence-corrected chi connectivity index (χ0v) is 12.0. The van der Waals surface area contributed by atoms with Crippen LogP contribution in [-0.4, -0.2) is 48.1 Å². The lowest BCUT2D eigenvalue weighted by Crippen LogP contribution is -2.48. The van der Waals surface area contributed by atoms with Crippen LogP contribution in [0.1, 0.15) is 45.4 Å². The largest absolute Gasteiger partial charge is 0.481 e. The summed E-state index contributed by atoms with van der Waals surface area (Å²) in [5.41, 5.74) is -0.758. The SMILES string of the molecule is CCCC(COC)NCC1(O)CCC(C(=O)O)CC1. The van der Waals surface area contributed by atoms with Gasteiger partial charge in [-0.25, -0.2) is 0 Å². The van der Waals surface area contributed by atoms with Crippen molar-refractivity contribution in [3.8, 4) is 0 Å². The molecule has 1 fully saturated rings. The molecule has 1 unspecified atom stereocenters. The van der Waals surface area contributed by atoms with E-state index < -0.39 is 11.6 Å². The zero-order valence-electron chi connectivity index (χ0n) is 12.0. The first-order valence-corrected chi connectivity index (χ1v) is 7.18. The molecule has 112 valence electrons. The minimum Gasteiger partial charge on any atom is -0.481 e. The summed E-state index contributed by atoms with van der Waals surface area (Å²) < 4.78 is 5.16.